The van der Waals surface area contributed by atoms with Crippen molar-refractivity contribution in [2.45, 2.75) is 19.8 Å². The summed E-state index contributed by atoms with van der Waals surface area (Å²) in [6.45, 7) is 2.50. The molecule has 0 spiro atoms. The second kappa shape index (κ2) is 4.26. The Hall–Kier alpha value is -1.64. The lowest BCUT2D eigenvalue weighted by Crippen LogP contribution is -2.14. The molecule has 1 aliphatic carbocycles. The first-order valence-electron chi connectivity index (χ1n) is 5.11. The van der Waals surface area contributed by atoms with E-state index in [2.05, 4.69) is 4.98 Å². The van der Waals surface area contributed by atoms with E-state index >= 15 is 0 Å². The van der Waals surface area contributed by atoms with Crippen LogP contribution >= 0.6 is 0 Å². The number of aryl methyl sites for hydroxylation is 1. The van der Waals surface area contributed by atoms with Crippen LogP contribution in [-0.2, 0) is 11.2 Å². The van der Waals surface area contributed by atoms with E-state index in [1.807, 2.05) is 6.92 Å². The Morgan fingerprint density at radius 3 is 3.20 bits per heavy atom. The minimum atomic E-state index is 0.0760. The van der Waals surface area contributed by atoms with E-state index in [4.69, 9.17) is 4.74 Å². The fraction of sp³-hybridized carbons (Fsp3) is 0.333. The molecule has 0 N–H and O–H groups in total. The molecule has 1 aromatic rings. The summed E-state index contributed by atoms with van der Waals surface area (Å²) >= 11 is 0. The molecular formula is C12H13NO2. The first-order chi connectivity index (χ1) is 7.33. The van der Waals surface area contributed by atoms with Crippen molar-refractivity contribution in [3.63, 3.8) is 0 Å². The van der Waals surface area contributed by atoms with Crippen LogP contribution in [0.4, 0.5) is 0 Å². The van der Waals surface area contributed by atoms with Crippen LogP contribution in [0.1, 0.15) is 29.3 Å². The van der Waals surface area contributed by atoms with Gasteiger partial charge in [0.05, 0.1) is 12.9 Å². The fourth-order valence-corrected chi connectivity index (χ4v) is 1.70. The van der Waals surface area contributed by atoms with Crippen LogP contribution in [0.15, 0.2) is 30.3 Å². The first kappa shape index (κ1) is 9.90. The summed E-state index contributed by atoms with van der Waals surface area (Å²) < 4.78 is 5.16. The zero-order chi connectivity index (χ0) is 10.7. The first-order valence-corrected chi connectivity index (χ1v) is 5.11. The van der Waals surface area contributed by atoms with Crippen molar-refractivity contribution >= 4 is 5.78 Å². The summed E-state index contributed by atoms with van der Waals surface area (Å²) in [6, 6.07) is 1.77. The van der Waals surface area contributed by atoms with Crippen molar-refractivity contribution in [2.75, 3.05) is 6.61 Å². The number of Topliss-reactive ketones (excluding diaryl/α,β-unsaturated/α-hetero) is 1. The summed E-state index contributed by atoms with van der Waals surface area (Å²) in [7, 11) is 0. The SMILES string of the molecule is CCO/C=C1/CCc2cnccc2C1=O. The van der Waals surface area contributed by atoms with Gasteiger partial charge in [-0.25, -0.2) is 0 Å². The number of nitrogens with zero attached hydrogens (tertiary/aromatic N) is 1. The zero-order valence-electron chi connectivity index (χ0n) is 8.69. The Balaban J connectivity index is 2.30. The smallest absolute Gasteiger partial charge is 0.192 e. The maximum absolute atomic E-state index is 11.9. The molecule has 0 aliphatic heterocycles. The maximum atomic E-state index is 11.9. The molecule has 15 heavy (non-hydrogen) atoms. The molecule has 0 atom stereocenters. The molecule has 0 saturated carbocycles. The van der Waals surface area contributed by atoms with Gasteiger partial charge in [0.2, 0.25) is 0 Å². The molecule has 0 unspecified atom stereocenters. The Bertz CT molecular complexity index is 410. The molecule has 0 aromatic carbocycles. The topological polar surface area (TPSA) is 39.2 Å². The van der Waals surface area contributed by atoms with E-state index in [0.717, 1.165) is 29.5 Å². The van der Waals surface area contributed by atoms with Crippen LogP contribution in [0.3, 0.4) is 0 Å². The second-order valence-electron chi connectivity index (χ2n) is 3.46. The van der Waals surface area contributed by atoms with Crippen LogP contribution < -0.4 is 0 Å². The highest BCUT2D eigenvalue weighted by atomic mass is 16.5. The van der Waals surface area contributed by atoms with Crippen molar-refractivity contribution in [1.82, 2.24) is 4.98 Å². The van der Waals surface area contributed by atoms with Gasteiger partial charge in [-0.1, -0.05) is 0 Å². The van der Waals surface area contributed by atoms with Gasteiger partial charge in [-0.05, 0) is 31.4 Å². The number of pyridine rings is 1. The van der Waals surface area contributed by atoms with Crippen molar-refractivity contribution in [2.24, 2.45) is 0 Å². The molecule has 0 radical (unpaired) electrons. The van der Waals surface area contributed by atoms with Gasteiger partial charge in [-0.15, -0.1) is 0 Å². The number of rotatable bonds is 2. The van der Waals surface area contributed by atoms with Gasteiger partial charge in [0.1, 0.15) is 0 Å². The van der Waals surface area contributed by atoms with E-state index in [0.29, 0.717) is 6.61 Å². The van der Waals surface area contributed by atoms with Crippen molar-refractivity contribution in [3.8, 4) is 0 Å². The van der Waals surface area contributed by atoms with Gasteiger partial charge in [-0.3, -0.25) is 9.78 Å². The Kier molecular flexibility index (Phi) is 2.81. The Morgan fingerprint density at radius 2 is 2.40 bits per heavy atom. The van der Waals surface area contributed by atoms with Crippen molar-refractivity contribution in [3.05, 3.63) is 41.4 Å². The lowest BCUT2D eigenvalue weighted by molar-refractivity contribution is 0.101. The van der Waals surface area contributed by atoms with Gasteiger partial charge in [0.15, 0.2) is 5.78 Å². The summed E-state index contributed by atoms with van der Waals surface area (Å²) in [5, 5.41) is 0. The van der Waals surface area contributed by atoms with Gasteiger partial charge < -0.3 is 4.74 Å². The number of hydrogen-bond donors (Lipinski definition) is 0. The predicted octanol–water partition coefficient (Wildman–Crippen LogP) is 2.13. The molecule has 0 bridgehead atoms. The normalized spacial score (nSPS) is 17.7. The highest BCUT2D eigenvalue weighted by Gasteiger charge is 2.21. The van der Waals surface area contributed by atoms with Crippen LogP contribution in [0.25, 0.3) is 0 Å². The fourth-order valence-electron chi connectivity index (χ4n) is 1.70. The van der Waals surface area contributed by atoms with E-state index in [9.17, 15) is 4.79 Å². The summed E-state index contributed by atoms with van der Waals surface area (Å²) in [4.78, 5) is 16.0. The molecule has 0 fully saturated rings. The second-order valence-corrected chi connectivity index (χ2v) is 3.46. The van der Waals surface area contributed by atoms with Crippen molar-refractivity contribution < 1.29 is 9.53 Å². The molecule has 2 rings (SSSR count). The highest BCUT2D eigenvalue weighted by Crippen LogP contribution is 2.23. The summed E-state index contributed by atoms with van der Waals surface area (Å²) in [6.07, 6.45) is 6.63. The average Bonchev–Trinajstić information content (AvgIpc) is 2.29. The average molecular weight is 203 g/mol. The predicted molar refractivity (Wildman–Crippen MR) is 56.6 cm³/mol. The number of carbonyl (C=O) groups excluding carboxylic acids is 1. The third-order valence-corrected chi connectivity index (χ3v) is 2.50. The van der Waals surface area contributed by atoms with Crippen LogP contribution in [0, 0.1) is 0 Å². The number of hydrogen-bond acceptors (Lipinski definition) is 3. The van der Waals surface area contributed by atoms with Gasteiger partial charge in [-0.2, -0.15) is 0 Å². The number of carbonyl (C=O) groups is 1. The van der Waals surface area contributed by atoms with E-state index in [-0.39, 0.29) is 5.78 Å². The number of fused-ring (bicyclic) bond motifs is 1. The monoisotopic (exact) mass is 203 g/mol. The minimum Gasteiger partial charge on any atom is -0.501 e. The lowest BCUT2D eigenvalue weighted by atomic mass is 9.89. The van der Waals surface area contributed by atoms with Crippen LogP contribution in [-0.4, -0.2) is 17.4 Å². The van der Waals surface area contributed by atoms with Gasteiger partial charge >= 0.3 is 0 Å². The summed E-state index contributed by atoms with van der Waals surface area (Å²) in [5.41, 5.74) is 2.56. The molecule has 1 aliphatic rings. The standard InChI is InChI=1S/C12H13NO2/c1-2-15-8-10-4-3-9-7-13-6-5-11(9)12(10)14/h5-8H,2-4H2,1H3/b10-8-. The van der Waals surface area contributed by atoms with Gasteiger partial charge in [0.25, 0.3) is 0 Å². The van der Waals surface area contributed by atoms with Crippen LogP contribution in [0.5, 0.6) is 0 Å². The number of aromatic nitrogens is 1. The quantitative estimate of drug-likeness (QED) is 0.546. The van der Waals surface area contributed by atoms with Gasteiger partial charge in [0, 0.05) is 23.5 Å². The van der Waals surface area contributed by atoms with Crippen LogP contribution in [0.2, 0.25) is 0 Å². The molecule has 1 aromatic heterocycles. The Labute approximate surface area is 88.8 Å². The highest BCUT2D eigenvalue weighted by molar-refractivity contribution is 6.10. The molecule has 3 nitrogen and oxygen atoms in total. The zero-order valence-corrected chi connectivity index (χ0v) is 8.69. The third kappa shape index (κ3) is 1.91. The summed E-state index contributed by atoms with van der Waals surface area (Å²) in [5.74, 6) is 0.0760. The largest absolute Gasteiger partial charge is 0.501 e. The molecule has 3 heteroatoms. The number of ether oxygens (including phenoxy) is 1. The third-order valence-electron chi connectivity index (χ3n) is 2.50. The van der Waals surface area contributed by atoms with E-state index < -0.39 is 0 Å². The number of allylic oxidation sites excluding steroid dienone is 1. The lowest BCUT2D eigenvalue weighted by Gasteiger charge is -2.16. The molecule has 0 saturated heterocycles. The number of ketones is 1. The van der Waals surface area contributed by atoms with E-state index in [1.54, 1.807) is 24.7 Å². The molecule has 0 amide bonds. The molecular weight excluding hydrogens is 190 g/mol. The maximum Gasteiger partial charge on any atom is 0.192 e. The van der Waals surface area contributed by atoms with Crippen molar-refractivity contribution in [1.29, 1.82) is 0 Å². The molecule has 1 heterocycles. The van der Waals surface area contributed by atoms with E-state index in [1.165, 1.54) is 0 Å². The molecule has 78 valence electrons. The Morgan fingerprint density at radius 1 is 1.53 bits per heavy atom. The minimum absolute atomic E-state index is 0.0760.